The number of anilines is 2. The Balaban J connectivity index is 1.92. The van der Waals surface area contributed by atoms with Gasteiger partial charge in [0.1, 0.15) is 5.75 Å². The van der Waals surface area contributed by atoms with Crippen molar-refractivity contribution in [2.45, 2.75) is 11.8 Å². The number of ether oxygens (including phenoxy) is 1. The summed E-state index contributed by atoms with van der Waals surface area (Å²) in [5.41, 5.74) is 1.05. The lowest BCUT2D eigenvalue weighted by molar-refractivity contribution is 0.102. The monoisotopic (exact) mass is 403 g/mol. The molecule has 3 rings (SSSR count). The molecule has 0 fully saturated rings. The highest BCUT2D eigenvalue weighted by Crippen LogP contribution is 2.27. The maximum atomic E-state index is 12.9. The number of nitrogens with zero attached hydrogens (tertiary/aromatic N) is 1. The molecular weight excluding hydrogens is 386 g/mol. The van der Waals surface area contributed by atoms with E-state index in [2.05, 4.69) is 15.0 Å². The molecule has 0 spiro atoms. The minimum Gasteiger partial charge on any atom is -0.495 e. The number of aryl methyl sites for hydroxylation is 1. The van der Waals surface area contributed by atoms with Crippen LogP contribution in [0.25, 0.3) is 0 Å². The van der Waals surface area contributed by atoms with Crippen LogP contribution in [-0.4, -0.2) is 26.4 Å². The largest absolute Gasteiger partial charge is 0.495 e. The Morgan fingerprint density at radius 2 is 1.96 bits per heavy atom. The zero-order valence-electron chi connectivity index (χ0n) is 14.6. The van der Waals surface area contributed by atoms with Crippen LogP contribution in [-0.2, 0) is 10.0 Å². The van der Waals surface area contributed by atoms with Crippen LogP contribution in [0.15, 0.2) is 58.9 Å². The maximum absolute atomic E-state index is 12.9. The summed E-state index contributed by atoms with van der Waals surface area (Å²) in [5.74, 6) is -0.0323. The summed E-state index contributed by atoms with van der Waals surface area (Å²) in [6.07, 6.45) is 1.57. The maximum Gasteiger partial charge on any atom is 0.262 e. The Bertz CT molecular complexity index is 1060. The fraction of sp³-hybridized carbons (Fsp3) is 0.111. The van der Waals surface area contributed by atoms with Crippen molar-refractivity contribution in [3.63, 3.8) is 0 Å². The molecule has 1 amide bonds. The number of carbonyl (C=O) groups excluding carboxylic acids is 1. The van der Waals surface area contributed by atoms with Gasteiger partial charge in [0.25, 0.3) is 15.9 Å². The number of carbonyl (C=O) groups is 1. The van der Waals surface area contributed by atoms with Gasteiger partial charge in [-0.15, -0.1) is 11.3 Å². The zero-order chi connectivity index (χ0) is 19.4. The van der Waals surface area contributed by atoms with Crippen molar-refractivity contribution in [1.82, 2.24) is 4.98 Å². The van der Waals surface area contributed by atoms with Gasteiger partial charge in [-0.2, -0.15) is 0 Å². The molecule has 0 saturated carbocycles. The van der Waals surface area contributed by atoms with Crippen LogP contribution in [0.1, 0.15) is 15.9 Å². The summed E-state index contributed by atoms with van der Waals surface area (Å²) in [6, 6.07) is 11.2. The molecule has 0 unspecified atom stereocenters. The van der Waals surface area contributed by atoms with E-state index in [0.717, 1.165) is 0 Å². The van der Waals surface area contributed by atoms with E-state index in [1.807, 2.05) is 0 Å². The number of hydrogen-bond donors (Lipinski definition) is 2. The Kier molecular flexibility index (Phi) is 5.43. The number of hydrogen-bond acceptors (Lipinski definition) is 6. The molecule has 0 saturated heterocycles. The first-order chi connectivity index (χ1) is 12.9. The van der Waals surface area contributed by atoms with E-state index in [0.29, 0.717) is 22.1 Å². The highest BCUT2D eigenvalue weighted by Gasteiger charge is 2.21. The third kappa shape index (κ3) is 4.26. The molecule has 9 heteroatoms. The summed E-state index contributed by atoms with van der Waals surface area (Å²) in [6.45, 7) is 1.67. The molecule has 140 valence electrons. The number of aromatic nitrogens is 1. The summed E-state index contributed by atoms with van der Waals surface area (Å²) < 4.78 is 33.4. The van der Waals surface area contributed by atoms with Crippen molar-refractivity contribution >= 4 is 38.1 Å². The first-order valence-corrected chi connectivity index (χ1v) is 10.2. The summed E-state index contributed by atoms with van der Waals surface area (Å²) in [4.78, 5) is 16.4. The van der Waals surface area contributed by atoms with E-state index in [9.17, 15) is 13.2 Å². The van der Waals surface area contributed by atoms with Crippen molar-refractivity contribution in [3.05, 3.63) is 65.2 Å². The minimum absolute atomic E-state index is 0.0141. The van der Waals surface area contributed by atoms with Crippen LogP contribution >= 0.6 is 11.3 Å². The van der Waals surface area contributed by atoms with Crippen LogP contribution in [0.4, 0.5) is 10.8 Å². The third-order valence-electron chi connectivity index (χ3n) is 3.74. The molecule has 2 N–H and O–H groups in total. The number of nitrogens with one attached hydrogen (secondary N) is 2. The zero-order valence-corrected chi connectivity index (χ0v) is 16.2. The van der Waals surface area contributed by atoms with Crippen molar-refractivity contribution in [2.24, 2.45) is 0 Å². The molecule has 0 aliphatic carbocycles. The van der Waals surface area contributed by atoms with E-state index < -0.39 is 15.9 Å². The average Bonchev–Trinajstić information content (AvgIpc) is 3.15. The standard InChI is InChI=1S/C18H17N3O4S2/c1-12-7-8-13(17(22)20-18-19-9-10-26-18)11-16(12)27(23,24)21-14-5-3-4-6-15(14)25-2/h3-11,21H,1-2H3,(H,19,20,22). The molecule has 1 heterocycles. The van der Waals surface area contributed by atoms with Gasteiger partial charge in [0, 0.05) is 17.1 Å². The van der Waals surface area contributed by atoms with Gasteiger partial charge in [0.15, 0.2) is 5.13 Å². The van der Waals surface area contributed by atoms with Crippen LogP contribution in [0, 0.1) is 6.92 Å². The molecule has 0 aliphatic rings. The van der Waals surface area contributed by atoms with E-state index in [4.69, 9.17) is 4.74 Å². The predicted molar refractivity (Wildman–Crippen MR) is 105 cm³/mol. The summed E-state index contributed by atoms with van der Waals surface area (Å²) >= 11 is 1.28. The summed E-state index contributed by atoms with van der Waals surface area (Å²) in [5, 5.41) is 4.81. The van der Waals surface area contributed by atoms with Crippen LogP contribution in [0.3, 0.4) is 0 Å². The molecule has 7 nitrogen and oxygen atoms in total. The Hall–Kier alpha value is -2.91. The second kappa shape index (κ2) is 7.77. The summed E-state index contributed by atoms with van der Waals surface area (Å²) in [7, 11) is -2.46. The van der Waals surface area contributed by atoms with E-state index in [1.54, 1.807) is 54.9 Å². The van der Waals surface area contributed by atoms with Crippen LogP contribution in [0.5, 0.6) is 5.75 Å². The van der Waals surface area contributed by atoms with Gasteiger partial charge in [0.05, 0.1) is 17.7 Å². The van der Waals surface area contributed by atoms with Crippen molar-refractivity contribution in [2.75, 3.05) is 17.1 Å². The van der Waals surface area contributed by atoms with E-state index >= 15 is 0 Å². The highest BCUT2D eigenvalue weighted by molar-refractivity contribution is 7.92. The highest BCUT2D eigenvalue weighted by atomic mass is 32.2. The lowest BCUT2D eigenvalue weighted by atomic mass is 10.1. The van der Waals surface area contributed by atoms with Crippen molar-refractivity contribution < 1.29 is 17.9 Å². The number of methoxy groups -OCH3 is 1. The topological polar surface area (TPSA) is 97.4 Å². The first kappa shape index (κ1) is 18.9. The van der Waals surface area contributed by atoms with Crippen LogP contribution in [0.2, 0.25) is 0 Å². The average molecular weight is 403 g/mol. The number of amides is 1. The lowest BCUT2D eigenvalue weighted by Crippen LogP contribution is -2.17. The van der Waals surface area contributed by atoms with Gasteiger partial charge in [-0.1, -0.05) is 18.2 Å². The molecule has 0 radical (unpaired) electrons. The third-order valence-corrected chi connectivity index (χ3v) is 5.94. The number of sulfonamides is 1. The Labute approximate surface area is 161 Å². The molecule has 27 heavy (non-hydrogen) atoms. The van der Waals surface area contributed by atoms with E-state index in [1.165, 1.54) is 24.5 Å². The number of thiazole rings is 1. The van der Waals surface area contributed by atoms with Crippen LogP contribution < -0.4 is 14.8 Å². The second-order valence-corrected chi connectivity index (χ2v) is 8.12. The SMILES string of the molecule is COc1ccccc1NS(=O)(=O)c1cc(C(=O)Nc2nccs2)ccc1C. The molecule has 0 bridgehead atoms. The van der Waals surface area contributed by atoms with Gasteiger partial charge in [-0.25, -0.2) is 13.4 Å². The Morgan fingerprint density at radius 3 is 2.67 bits per heavy atom. The lowest BCUT2D eigenvalue weighted by Gasteiger charge is -2.14. The van der Waals surface area contributed by atoms with Crippen molar-refractivity contribution in [3.8, 4) is 5.75 Å². The fourth-order valence-electron chi connectivity index (χ4n) is 2.41. The van der Waals surface area contributed by atoms with Gasteiger partial charge in [-0.05, 0) is 36.8 Å². The van der Waals surface area contributed by atoms with E-state index in [-0.39, 0.29) is 10.5 Å². The smallest absolute Gasteiger partial charge is 0.262 e. The number of rotatable bonds is 6. The number of para-hydroxylation sites is 2. The predicted octanol–water partition coefficient (Wildman–Crippen LogP) is 3.51. The number of benzene rings is 2. The quantitative estimate of drug-likeness (QED) is 0.656. The van der Waals surface area contributed by atoms with Gasteiger partial charge in [0.2, 0.25) is 0 Å². The molecule has 0 atom stereocenters. The van der Waals surface area contributed by atoms with Gasteiger partial charge in [-0.3, -0.25) is 14.8 Å². The molecule has 1 aromatic heterocycles. The second-order valence-electron chi connectivity index (χ2n) is 5.58. The Morgan fingerprint density at radius 1 is 1.19 bits per heavy atom. The molecule has 2 aromatic carbocycles. The first-order valence-electron chi connectivity index (χ1n) is 7.88. The molecule has 0 aliphatic heterocycles. The molecular formula is C18H17N3O4S2. The van der Waals surface area contributed by atoms with Crippen molar-refractivity contribution in [1.29, 1.82) is 0 Å². The molecule has 3 aromatic rings. The fourth-order valence-corrected chi connectivity index (χ4v) is 4.28. The van der Waals surface area contributed by atoms with Gasteiger partial charge < -0.3 is 4.74 Å². The minimum atomic E-state index is -3.92. The van der Waals surface area contributed by atoms with Gasteiger partial charge >= 0.3 is 0 Å². The normalized spacial score (nSPS) is 11.0.